The second kappa shape index (κ2) is 3.94. The monoisotopic (exact) mass is 252 g/mol. The molecule has 3 heterocycles. The Morgan fingerprint density at radius 1 is 1.59 bits per heavy atom. The van der Waals surface area contributed by atoms with Gasteiger partial charge in [-0.2, -0.15) is 16.9 Å². The molecule has 5 nitrogen and oxygen atoms in total. The molecule has 92 valence electrons. The first-order chi connectivity index (χ1) is 8.22. The van der Waals surface area contributed by atoms with Crippen LogP contribution in [0.3, 0.4) is 0 Å². The van der Waals surface area contributed by atoms with Gasteiger partial charge >= 0.3 is 0 Å². The molecule has 1 atom stereocenters. The molecular weight excluding hydrogens is 236 g/mol. The van der Waals surface area contributed by atoms with Crippen molar-refractivity contribution in [1.29, 1.82) is 0 Å². The summed E-state index contributed by atoms with van der Waals surface area (Å²) in [6.45, 7) is 2.99. The third-order valence-electron chi connectivity index (χ3n) is 3.38. The number of amides is 1. The molecule has 0 aliphatic carbocycles. The minimum absolute atomic E-state index is 0.0265. The van der Waals surface area contributed by atoms with Crippen LogP contribution in [0, 0.1) is 0 Å². The Morgan fingerprint density at radius 2 is 2.41 bits per heavy atom. The molecule has 0 saturated carbocycles. The van der Waals surface area contributed by atoms with Gasteiger partial charge in [-0.25, -0.2) is 0 Å². The van der Waals surface area contributed by atoms with Gasteiger partial charge in [0.05, 0.1) is 5.69 Å². The lowest BCUT2D eigenvalue weighted by Gasteiger charge is -2.39. The summed E-state index contributed by atoms with van der Waals surface area (Å²) in [6.07, 6.45) is 0.844. The lowest BCUT2D eigenvalue weighted by atomic mass is 10.1. The van der Waals surface area contributed by atoms with Crippen molar-refractivity contribution in [3.63, 3.8) is 0 Å². The number of anilines is 2. The number of rotatable bonds is 1. The van der Waals surface area contributed by atoms with Crippen LogP contribution in [0.2, 0.25) is 0 Å². The van der Waals surface area contributed by atoms with Crippen molar-refractivity contribution in [3.05, 3.63) is 5.69 Å². The van der Waals surface area contributed by atoms with Crippen LogP contribution in [-0.2, 0) is 18.3 Å². The van der Waals surface area contributed by atoms with E-state index < -0.39 is 0 Å². The van der Waals surface area contributed by atoms with Crippen LogP contribution >= 0.6 is 11.8 Å². The predicted octanol–water partition coefficient (Wildman–Crippen LogP) is 0.856. The van der Waals surface area contributed by atoms with Gasteiger partial charge in [-0.15, -0.1) is 0 Å². The van der Waals surface area contributed by atoms with Crippen molar-refractivity contribution in [3.8, 4) is 0 Å². The summed E-state index contributed by atoms with van der Waals surface area (Å²) >= 11 is 1.85. The summed E-state index contributed by atoms with van der Waals surface area (Å²) in [7, 11) is 1.95. The molecule has 0 spiro atoms. The van der Waals surface area contributed by atoms with Gasteiger partial charge in [-0.1, -0.05) is 6.92 Å². The summed E-state index contributed by atoms with van der Waals surface area (Å²) in [5.41, 5.74) is 1.90. The highest BCUT2D eigenvalue weighted by Crippen LogP contribution is 2.37. The molecule has 2 aliphatic rings. The van der Waals surface area contributed by atoms with E-state index in [0.29, 0.717) is 0 Å². The maximum absolute atomic E-state index is 12.1. The standard InChI is InChI=1S/C11H16N4OS/c1-3-7-9-11(14(2)13-7)15-4-5-17-6-8(15)10(16)12-9/h8H,3-6H2,1-2H3,(H,12,16). The fourth-order valence-corrected chi connectivity index (χ4v) is 3.60. The Hall–Kier alpha value is -1.17. The maximum atomic E-state index is 12.1. The average molecular weight is 252 g/mol. The van der Waals surface area contributed by atoms with Gasteiger partial charge in [0.15, 0.2) is 5.82 Å². The largest absolute Gasteiger partial charge is 0.341 e. The highest BCUT2D eigenvalue weighted by Gasteiger charge is 2.38. The summed E-state index contributed by atoms with van der Waals surface area (Å²) in [5.74, 6) is 3.15. The number of nitrogens with one attached hydrogen (secondary N) is 1. The molecule has 1 N–H and O–H groups in total. The van der Waals surface area contributed by atoms with Gasteiger partial charge < -0.3 is 10.2 Å². The highest BCUT2D eigenvalue weighted by atomic mass is 32.2. The third kappa shape index (κ3) is 1.54. The summed E-state index contributed by atoms with van der Waals surface area (Å²) in [4.78, 5) is 14.3. The molecule has 1 saturated heterocycles. The number of aryl methyl sites for hydroxylation is 2. The van der Waals surface area contributed by atoms with E-state index in [2.05, 4.69) is 22.2 Å². The Morgan fingerprint density at radius 3 is 3.18 bits per heavy atom. The summed E-state index contributed by atoms with van der Waals surface area (Å²) < 4.78 is 1.90. The summed E-state index contributed by atoms with van der Waals surface area (Å²) in [6, 6.07) is -0.0265. The number of fused-ring (bicyclic) bond motifs is 3. The number of hydrogen-bond donors (Lipinski definition) is 1. The van der Waals surface area contributed by atoms with E-state index in [1.54, 1.807) is 0 Å². The fourth-order valence-electron chi connectivity index (χ4n) is 2.56. The van der Waals surface area contributed by atoms with Crippen molar-refractivity contribution in [1.82, 2.24) is 9.78 Å². The number of carbonyl (C=O) groups is 1. The first-order valence-electron chi connectivity index (χ1n) is 5.93. The van der Waals surface area contributed by atoms with Gasteiger partial charge in [0.25, 0.3) is 0 Å². The molecule has 2 aliphatic heterocycles. The van der Waals surface area contributed by atoms with Gasteiger partial charge in [-0.3, -0.25) is 9.48 Å². The molecule has 1 unspecified atom stereocenters. The molecule has 1 fully saturated rings. The lowest BCUT2D eigenvalue weighted by molar-refractivity contribution is -0.117. The quantitative estimate of drug-likeness (QED) is 0.805. The highest BCUT2D eigenvalue weighted by molar-refractivity contribution is 7.99. The maximum Gasteiger partial charge on any atom is 0.248 e. The van der Waals surface area contributed by atoms with Gasteiger partial charge in [0, 0.05) is 25.1 Å². The Kier molecular flexibility index (Phi) is 2.54. The van der Waals surface area contributed by atoms with Crippen molar-refractivity contribution in [2.45, 2.75) is 19.4 Å². The first kappa shape index (κ1) is 11.0. The predicted molar refractivity (Wildman–Crippen MR) is 69.7 cm³/mol. The molecule has 1 amide bonds. The average Bonchev–Trinajstić information content (AvgIpc) is 2.66. The molecule has 17 heavy (non-hydrogen) atoms. The zero-order valence-corrected chi connectivity index (χ0v) is 10.9. The van der Waals surface area contributed by atoms with E-state index in [4.69, 9.17) is 0 Å². The minimum atomic E-state index is -0.0265. The van der Waals surface area contributed by atoms with E-state index in [-0.39, 0.29) is 11.9 Å². The van der Waals surface area contributed by atoms with Crippen molar-refractivity contribution < 1.29 is 4.79 Å². The normalized spacial score (nSPS) is 23.1. The molecule has 6 heteroatoms. The second-order valence-electron chi connectivity index (χ2n) is 4.40. The van der Waals surface area contributed by atoms with Gasteiger partial charge in [0.1, 0.15) is 11.7 Å². The first-order valence-corrected chi connectivity index (χ1v) is 7.09. The van der Waals surface area contributed by atoms with Crippen LogP contribution in [-0.4, -0.2) is 39.8 Å². The van der Waals surface area contributed by atoms with Crippen molar-refractivity contribution in [2.75, 3.05) is 28.3 Å². The van der Waals surface area contributed by atoms with E-state index >= 15 is 0 Å². The molecule has 0 bridgehead atoms. The zero-order valence-electron chi connectivity index (χ0n) is 10.1. The van der Waals surface area contributed by atoms with E-state index in [9.17, 15) is 4.79 Å². The van der Waals surface area contributed by atoms with E-state index in [0.717, 1.165) is 41.7 Å². The van der Waals surface area contributed by atoms with Crippen molar-refractivity contribution >= 4 is 29.2 Å². The smallest absolute Gasteiger partial charge is 0.248 e. The molecule has 0 radical (unpaired) electrons. The molecule has 0 aromatic carbocycles. The molecule has 1 aromatic heterocycles. The topological polar surface area (TPSA) is 50.2 Å². The van der Waals surface area contributed by atoms with Gasteiger partial charge in [-0.05, 0) is 6.42 Å². The number of thioether (sulfide) groups is 1. The SMILES string of the molecule is CCc1nn(C)c2c1NC(=O)C1CSCCN21. The van der Waals surface area contributed by atoms with Crippen LogP contribution in [0.15, 0.2) is 0 Å². The second-order valence-corrected chi connectivity index (χ2v) is 5.55. The van der Waals surface area contributed by atoms with E-state index in [1.165, 1.54) is 0 Å². The minimum Gasteiger partial charge on any atom is -0.341 e. The number of carbonyl (C=O) groups excluding carboxylic acids is 1. The summed E-state index contributed by atoms with van der Waals surface area (Å²) in [5, 5.41) is 7.51. The number of aromatic nitrogens is 2. The zero-order chi connectivity index (χ0) is 12.0. The molecule has 3 rings (SSSR count). The van der Waals surface area contributed by atoms with Gasteiger partial charge in [0.2, 0.25) is 5.91 Å². The van der Waals surface area contributed by atoms with Crippen LogP contribution in [0.1, 0.15) is 12.6 Å². The Bertz CT molecular complexity index is 470. The van der Waals surface area contributed by atoms with E-state index in [1.807, 2.05) is 23.5 Å². The van der Waals surface area contributed by atoms with Crippen LogP contribution < -0.4 is 10.2 Å². The fraction of sp³-hybridized carbons (Fsp3) is 0.636. The van der Waals surface area contributed by atoms with Crippen molar-refractivity contribution in [2.24, 2.45) is 7.05 Å². The lowest BCUT2D eigenvalue weighted by Crippen LogP contribution is -2.53. The van der Waals surface area contributed by atoms with Crippen LogP contribution in [0.4, 0.5) is 11.5 Å². The molecule has 1 aromatic rings. The Labute approximate surface area is 105 Å². The van der Waals surface area contributed by atoms with Crippen LogP contribution in [0.5, 0.6) is 0 Å². The Balaban J connectivity index is 2.10. The molecular formula is C11H16N4OS. The third-order valence-corrected chi connectivity index (χ3v) is 4.40. The number of nitrogens with zero attached hydrogens (tertiary/aromatic N) is 3. The van der Waals surface area contributed by atoms with Crippen LogP contribution in [0.25, 0.3) is 0 Å². The number of hydrogen-bond acceptors (Lipinski definition) is 4.